The molecule has 0 atom stereocenters. The maximum Gasteiger partial charge on any atom is 0.399 e. The summed E-state index contributed by atoms with van der Waals surface area (Å²) in [5.41, 5.74) is -1.68. The maximum atomic E-state index is 12.6. The van der Waals surface area contributed by atoms with Crippen molar-refractivity contribution in [2.24, 2.45) is 0 Å². The van der Waals surface area contributed by atoms with Gasteiger partial charge in [-0.15, -0.1) is 0 Å². The van der Waals surface area contributed by atoms with E-state index in [0.29, 0.717) is 5.02 Å². The van der Waals surface area contributed by atoms with Gasteiger partial charge in [-0.25, -0.2) is 0 Å². The van der Waals surface area contributed by atoms with Crippen molar-refractivity contribution in [3.05, 3.63) is 29.0 Å². The predicted molar refractivity (Wildman–Crippen MR) is 46.2 cm³/mol. The standard InChI is InChI=1S/C9H7ClF3N/c10-6-1-4-14-7(5-6)8(2-3-8)9(11,12)13/h1,4-5H,2-3H2. The highest BCUT2D eigenvalue weighted by Gasteiger charge is 2.65. The van der Waals surface area contributed by atoms with E-state index in [1.807, 2.05) is 0 Å². The minimum Gasteiger partial charge on any atom is -0.260 e. The van der Waals surface area contributed by atoms with E-state index in [2.05, 4.69) is 4.98 Å². The summed E-state index contributed by atoms with van der Waals surface area (Å²) in [7, 11) is 0. The van der Waals surface area contributed by atoms with Gasteiger partial charge in [-0.3, -0.25) is 4.98 Å². The summed E-state index contributed by atoms with van der Waals surface area (Å²) in [5.74, 6) is 0. The fraction of sp³-hybridized carbons (Fsp3) is 0.444. The topological polar surface area (TPSA) is 12.9 Å². The Hall–Kier alpha value is -0.770. The van der Waals surface area contributed by atoms with E-state index in [1.54, 1.807) is 0 Å². The Morgan fingerprint density at radius 1 is 1.36 bits per heavy atom. The van der Waals surface area contributed by atoms with Gasteiger partial charge in [-0.2, -0.15) is 13.2 Å². The first-order valence-corrected chi connectivity index (χ1v) is 4.52. The third-order valence-electron chi connectivity index (χ3n) is 2.50. The molecule has 76 valence electrons. The van der Waals surface area contributed by atoms with Crippen LogP contribution in [0.15, 0.2) is 18.3 Å². The van der Waals surface area contributed by atoms with Crippen molar-refractivity contribution < 1.29 is 13.2 Å². The summed E-state index contributed by atoms with van der Waals surface area (Å²) < 4.78 is 37.9. The molecular formula is C9H7ClF3N. The van der Waals surface area contributed by atoms with Crippen LogP contribution >= 0.6 is 11.6 Å². The van der Waals surface area contributed by atoms with Crippen LogP contribution in [0, 0.1) is 0 Å². The summed E-state index contributed by atoms with van der Waals surface area (Å²) in [6.07, 6.45) is -2.68. The molecule has 1 aliphatic carbocycles. The van der Waals surface area contributed by atoms with Crippen LogP contribution in [0.5, 0.6) is 0 Å². The van der Waals surface area contributed by atoms with E-state index < -0.39 is 11.6 Å². The van der Waals surface area contributed by atoms with Crippen LogP contribution in [0.1, 0.15) is 18.5 Å². The van der Waals surface area contributed by atoms with E-state index in [4.69, 9.17) is 11.6 Å². The molecule has 0 unspecified atom stereocenters. The second-order valence-electron chi connectivity index (χ2n) is 3.44. The Bertz CT molecular complexity index is 357. The minimum absolute atomic E-state index is 0.0394. The summed E-state index contributed by atoms with van der Waals surface area (Å²) in [5, 5.41) is 0.297. The molecule has 0 aliphatic heterocycles. The lowest BCUT2D eigenvalue weighted by Gasteiger charge is -2.18. The fourth-order valence-corrected chi connectivity index (χ4v) is 1.64. The van der Waals surface area contributed by atoms with E-state index in [0.717, 1.165) is 0 Å². The van der Waals surface area contributed by atoms with Crippen molar-refractivity contribution in [3.8, 4) is 0 Å². The van der Waals surface area contributed by atoms with Crippen molar-refractivity contribution >= 4 is 11.6 Å². The fourth-order valence-electron chi connectivity index (χ4n) is 1.48. The molecule has 1 aromatic heterocycles. The van der Waals surface area contributed by atoms with Gasteiger partial charge < -0.3 is 0 Å². The van der Waals surface area contributed by atoms with Gasteiger partial charge in [0.15, 0.2) is 0 Å². The highest BCUT2D eigenvalue weighted by atomic mass is 35.5. The van der Waals surface area contributed by atoms with Gasteiger partial charge in [-0.05, 0) is 25.0 Å². The second kappa shape index (κ2) is 2.86. The van der Waals surface area contributed by atoms with Crippen molar-refractivity contribution in [1.82, 2.24) is 4.98 Å². The van der Waals surface area contributed by atoms with E-state index in [1.165, 1.54) is 18.3 Å². The molecule has 0 aromatic carbocycles. The number of hydrogen-bond acceptors (Lipinski definition) is 1. The number of alkyl halides is 3. The Labute approximate surface area is 83.9 Å². The zero-order chi connectivity index (χ0) is 10.4. The van der Waals surface area contributed by atoms with Gasteiger partial charge in [0.2, 0.25) is 0 Å². The first-order chi connectivity index (χ1) is 6.46. The summed E-state index contributed by atoms with van der Waals surface area (Å²) in [6, 6.07) is 2.76. The molecule has 14 heavy (non-hydrogen) atoms. The lowest BCUT2D eigenvalue weighted by Crippen LogP contribution is -2.29. The number of rotatable bonds is 1. The van der Waals surface area contributed by atoms with Crippen molar-refractivity contribution in [1.29, 1.82) is 0 Å². The molecule has 0 bridgehead atoms. The molecule has 1 aromatic rings. The third kappa shape index (κ3) is 1.38. The Balaban J connectivity index is 2.41. The van der Waals surface area contributed by atoms with Crippen LogP contribution in [-0.2, 0) is 5.41 Å². The van der Waals surface area contributed by atoms with Gasteiger partial charge in [0.05, 0.1) is 5.69 Å². The Morgan fingerprint density at radius 2 is 2.00 bits per heavy atom. The first-order valence-electron chi connectivity index (χ1n) is 4.14. The molecule has 0 amide bonds. The molecule has 5 heteroatoms. The molecule has 1 heterocycles. The monoisotopic (exact) mass is 221 g/mol. The van der Waals surface area contributed by atoms with Crippen LogP contribution in [0.2, 0.25) is 5.02 Å². The average Bonchev–Trinajstić information content (AvgIpc) is 2.82. The first kappa shape index (κ1) is 9.77. The SMILES string of the molecule is FC(F)(F)C1(c2cc(Cl)ccn2)CC1. The largest absolute Gasteiger partial charge is 0.399 e. The Morgan fingerprint density at radius 3 is 2.43 bits per heavy atom. The number of pyridine rings is 1. The molecule has 0 saturated heterocycles. The highest BCUT2D eigenvalue weighted by molar-refractivity contribution is 6.30. The summed E-state index contributed by atoms with van der Waals surface area (Å²) in [4.78, 5) is 3.74. The zero-order valence-electron chi connectivity index (χ0n) is 7.11. The van der Waals surface area contributed by atoms with Gasteiger partial charge in [-0.1, -0.05) is 11.6 Å². The average molecular weight is 222 g/mol. The van der Waals surface area contributed by atoms with Crippen molar-refractivity contribution in [2.75, 3.05) is 0 Å². The van der Waals surface area contributed by atoms with Gasteiger partial charge in [0, 0.05) is 11.2 Å². The van der Waals surface area contributed by atoms with Crippen LogP contribution in [0.25, 0.3) is 0 Å². The number of halogens is 4. The molecule has 2 rings (SSSR count). The van der Waals surface area contributed by atoms with Gasteiger partial charge >= 0.3 is 6.18 Å². The minimum atomic E-state index is -4.22. The third-order valence-corrected chi connectivity index (χ3v) is 2.74. The lowest BCUT2D eigenvalue weighted by molar-refractivity contribution is -0.161. The second-order valence-corrected chi connectivity index (χ2v) is 3.88. The lowest BCUT2D eigenvalue weighted by atomic mass is 10.0. The summed E-state index contributed by atoms with van der Waals surface area (Å²) >= 11 is 5.62. The van der Waals surface area contributed by atoms with Crippen molar-refractivity contribution in [2.45, 2.75) is 24.4 Å². The molecule has 0 radical (unpaired) electrons. The van der Waals surface area contributed by atoms with Crippen LogP contribution in [0.3, 0.4) is 0 Å². The van der Waals surface area contributed by atoms with Gasteiger partial charge in [0.1, 0.15) is 5.41 Å². The predicted octanol–water partition coefficient (Wildman–Crippen LogP) is 3.33. The quantitative estimate of drug-likeness (QED) is 0.709. The number of nitrogens with zero attached hydrogens (tertiary/aromatic N) is 1. The molecule has 1 fully saturated rings. The summed E-state index contributed by atoms with van der Waals surface area (Å²) in [6.45, 7) is 0. The molecule has 0 spiro atoms. The smallest absolute Gasteiger partial charge is 0.260 e. The van der Waals surface area contributed by atoms with Crippen molar-refractivity contribution in [3.63, 3.8) is 0 Å². The van der Waals surface area contributed by atoms with Gasteiger partial charge in [0.25, 0.3) is 0 Å². The molecular weight excluding hydrogens is 215 g/mol. The van der Waals surface area contributed by atoms with E-state index in [-0.39, 0.29) is 18.5 Å². The Kier molecular flexibility index (Phi) is 2.00. The normalized spacial score (nSPS) is 19.4. The number of aromatic nitrogens is 1. The van der Waals surface area contributed by atoms with Crippen LogP contribution < -0.4 is 0 Å². The van der Waals surface area contributed by atoms with E-state index >= 15 is 0 Å². The molecule has 1 aliphatic rings. The van der Waals surface area contributed by atoms with Crippen LogP contribution in [0.4, 0.5) is 13.2 Å². The molecule has 1 nitrogen and oxygen atoms in total. The van der Waals surface area contributed by atoms with Crippen LogP contribution in [-0.4, -0.2) is 11.2 Å². The van der Waals surface area contributed by atoms with E-state index in [9.17, 15) is 13.2 Å². The highest BCUT2D eigenvalue weighted by Crippen LogP contribution is 2.58. The number of hydrogen-bond donors (Lipinski definition) is 0. The molecule has 1 saturated carbocycles. The maximum absolute atomic E-state index is 12.6. The zero-order valence-corrected chi connectivity index (χ0v) is 7.86. The molecule has 0 N–H and O–H groups in total.